The number of rotatable bonds is 7. The lowest BCUT2D eigenvalue weighted by atomic mass is 10.1. The fraction of sp³-hybridized carbons (Fsp3) is 0.150. The van der Waals surface area contributed by atoms with Gasteiger partial charge in [0, 0.05) is 23.6 Å². The second-order valence-corrected chi connectivity index (χ2v) is 8.13. The first-order chi connectivity index (χ1) is 13.9. The van der Waals surface area contributed by atoms with Crippen LogP contribution in [0.5, 0.6) is 0 Å². The van der Waals surface area contributed by atoms with Gasteiger partial charge in [-0.15, -0.1) is 11.3 Å². The standard InChI is InChI=1S/C20H18N4O3S2/c1-4-18(26)23-17-6-5-13(8-21-17)14-7-15(28-10-14)11(2)19(27)24-20-22-9-16(29-20)12(3)25/h4-11H,1H2,2-3H3,(H,21,23,26)(H,22,24,27). The SMILES string of the molecule is C=CC(=O)Nc1ccc(-c2csc(C(C)C(=O)Nc3ncc(C(C)=O)s3)c2)cn1. The van der Waals surface area contributed by atoms with E-state index in [4.69, 9.17) is 0 Å². The number of carbonyl (C=O) groups excluding carboxylic acids is 3. The Bertz CT molecular complexity index is 1070. The first-order valence-electron chi connectivity index (χ1n) is 8.63. The summed E-state index contributed by atoms with van der Waals surface area (Å²) in [7, 11) is 0. The average Bonchev–Trinajstić information content (AvgIpc) is 3.38. The van der Waals surface area contributed by atoms with Crippen LogP contribution in [0.4, 0.5) is 10.9 Å². The van der Waals surface area contributed by atoms with E-state index in [-0.39, 0.29) is 23.5 Å². The Hall–Kier alpha value is -3.17. The summed E-state index contributed by atoms with van der Waals surface area (Å²) < 4.78 is 0. The maximum Gasteiger partial charge on any atom is 0.248 e. The third-order valence-electron chi connectivity index (χ3n) is 4.06. The number of anilines is 2. The zero-order valence-corrected chi connectivity index (χ0v) is 17.4. The second kappa shape index (κ2) is 8.89. The van der Waals surface area contributed by atoms with E-state index in [1.165, 1.54) is 30.5 Å². The molecule has 2 N–H and O–H groups in total. The van der Waals surface area contributed by atoms with Crippen LogP contribution < -0.4 is 10.6 Å². The molecule has 1 unspecified atom stereocenters. The lowest BCUT2D eigenvalue weighted by Crippen LogP contribution is -2.17. The van der Waals surface area contributed by atoms with Crippen molar-refractivity contribution in [2.45, 2.75) is 19.8 Å². The number of hydrogen-bond donors (Lipinski definition) is 2. The molecule has 3 heterocycles. The van der Waals surface area contributed by atoms with Gasteiger partial charge >= 0.3 is 0 Å². The third kappa shape index (κ3) is 5.01. The molecule has 0 aliphatic heterocycles. The number of hydrogen-bond acceptors (Lipinski definition) is 7. The summed E-state index contributed by atoms with van der Waals surface area (Å²) in [5.41, 5.74) is 1.81. The van der Waals surface area contributed by atoms with E-state index >= 15 is 0 Å². The molecule has 0 spiro atoms. The van der Waals surface area contributed by atoms with Crippen LogP contribution in [0.1, 0.15) is 34.3 Å². The van der Waals surface area contributed by atoms with Gasteiger partial charge < -0.3 is 10.6 Å². The molecule has 0 saturated carbocycles. The highest BCUT2D eigenvalue weighted by molar-refractivity contribution is 7.17. The Morgan fingerprint density at radius 2 is 1.93 bits per heavy atom. The quantitative estimate of drug-likeness (QED) is 0.432. The number of nitrogens with zero attached hydrogens (tertiary/aromatic N) is 2. The molecular weight excluding hydrogens is 408 g/mol. The number of thiophene rings is 1. The summed E-state index contributed by atoms with van der Waals surface area (Å²) >= 11 is 2.63. The summed E-state index contributed by atoms with van der Waals surface area (Å²) in [5, 5.41) is 7.72. The smallest absolute Gasteiger partial charge is 0.248 e. The average molecular weight is 427 g/mol. The number of amides is 2. The van der Waals surface area contributed by atoms with Crippen LogP contribution in [0.25, 0.3) is 11.1 Å². The van der Waals surface area contributed by atoms with Gasteiger partial charge in [0.1, 0.15) is 5.82 Å². The molecule has 29 heavy (non-hydrogen) atoms. The Balaban J connectivity index is 1.68. The van der Waals surface area contributed by atoms with Crippen LogP contribution in [-0.2, 0) is 9.59 Å². The molecule has 7 nitrogen and oxygen atoms in total. The van der Waals surface area contributed by atoms with Crippen LogP contribution in [0.2, 0.25) is 0 Å². The first-order valence-corrected chi connectivity index (χ1v) is 10.3. The number of pyridine rings is 1. The van der Waals surface area contributed by atoms with E-state index in [0.29, 0.717) is 15.8 Å². The van der Waals surface area contributed by atoms with Gasteiger partial charge in [0.15, 0.2) is 10.9 Å². The van der Waals surface area contributed by atoms with Gasteiger partial charge in [-0.05, 0) is 42.1 Å². The molecule has 2 amide bonds. The Kier molecular flexibility index (Phi) is 6.30. The molecule has 0 aliphatic carbocycles. The number of aromatic nitrogens is 2. The molecule has 3 aromatic heterocycles. The summed E-state index contributed by atoms with van der Waals surface area (Å²) in [6, 6.07) is 5.50. The maximum absolute atomic E-state index is 12.5. The molecule has 3 aromatic rings. The lowest BCUT2D eigenvalue weighted by Gasteiger charge is -2.08. The van der Waals surface area contributed by atoms with Crippen molar-refractivity contribution in [1.29, 1.82) is 0 Å². The van der Waals surface area contributed by atoms with Crippen molar-refractivity contribution in [3.63, 3.8) is 0 Å². The van der Waals surface area contributed by atoms with Gasteiger partial charge in [-0.25, -0.2) is 9.97 Å². The fourth-order valence-corrected chi connectivity index (χ4v) is 4.07. The summed E-state index contributed by atoms with van der Waals surface area (Å²) in [6.45, 7) is 6.68. The Labute approximate surface area is 175 Å². The minimum atomic E-state index is -0.377. The molecule has 0 bridgehead atoms. The number of ketones is 1. The molecule has 1 atom stereocenters. The molecule has 9 heteroatoms. The van der Waals surface area contributed by atoms with Gasteiger partial charge in [-0.3, -0.25) is 14.4 Å². The van der Waals surface area contributed by atoms with E-state index in [2.05, 4.69) is 27.2 Å². The second-order valence-electron chi connectivity index (χ2n) is 6.16. The summed E-state index contributed by atoms with van der Waals surface area (Å²) in [6.07, 6.45) is 4.30. The number of thiazole rings is 1. The lowest BCUT2D eigenvalue weighted by molar-refractivity contribution is -0.117. The van der Waals surface area contributed by atoms with Crippen molar-refractivity contribution in [3.05, 3.63) is 58.4 Å². The predicted octanol–water partition coefficient (Wildman–Crippen LogP) is 4.34. The largest absolute Gasteiger partial charge is 0.307 e. The highest BCUT2D eigenvalue weighted by atomic mass is 32.1. The molecule has 0 aromatic carbocycles. The van der Waals surface area contributed by atoms with Crippen molar-refractivity contribution in [1.82, 2.24) is 9.97 Å². The van der Waals surface area contributed by atoms with Crippen LogP contribution in [0, 0.1) is 0 Å². The van der Waals surface area contributed by atoms with Gasteiger partial charge in [0.2, 0.25) is 11.8 Å². The summed E-state index contributed by atoms with van der Waals surface area (Å²) in [4.78, 5) is 44.9. The van der Waals surface area contributed by atoms with E-state index < -0.39 is 0 Å². The van der Waals surface area contributed by atoms with Crippen LogP contribution in [0.3, 0.4) is 0 Å². The highest BCUT2D eigenvalue weighted by Crippen LogP contribution is 2.31. The minimum Gasteiger partial charge on any atom is -0.307 e. The fourth-order valence-electron chi connectivity index (χ4n) is 2.38. The Morgan fingerprint density at radius 1 is 1.14 bits per heavy atom. The van der Waals surface area contributed by atoms with Crippen molar-refractivity contribution >= 4 is 51.2 Å². The molecule has 0 aliphatic rings. The molecule has 0 fully saturated rings. The first kappa shape index (κ1) is 20.6. The van der Waals surface area contributed by atoms with Gasteiger partial charge in [-0.1, -0.05) is 17.9 Å². The van der Waals surface area contributed by atoms with Crippen molar-refractivity contribution < 1.29 is 14.4 Å². The van der Waals surface area contributed by atoms with Gasteiger partial charge in [0.25, 0.3) is 0 Å². The van der Waals surface area contributed by atoms with Crippen molar-refractivity contribution in [3.8, 4) is 11.1 Å². The predicted molar refractivity (Wildman–Crippen MR) is 116 cm³/mol. The van der Waals surface area contributed by atoms with Crippen molar-refractivity contribution in [2.75, 3.05) is 10.6 Å². The van der Waals surface area contributed by atoms with E-state index in [1.54, 1.807) is 12.3 Å². The third-order valence-corrected chi connectivity index (χ3v) is 6.19. The number of Topliss-reactive ketones (excluding diaryl/α,β-unsaturated/α-hetero) is 1. The van der Waals surface area contributed by atoms with Crippen LogP contribution in [0.15, 0.2) is 48.6 Å². The minimum absolute atomic E-state index is 0.0809. The summed E-state index contributed by atoms with van der Waals surface area (Å²) in [5.74, 6) is -0.530. The van der Waals surface area contributed by atoms with E-state index in [9.17, 15) is 14.4 Å². The van der Waals surface area contributed by atoms with Crippen molar-refractivity contribution in [2.24, 2.45) is 0 Å². The molecule has 0 radical (unpaired) electrons. The van der Waals surface area contributed by atoms with E-state index in [0.717, 1.165) is 27.3 Å². The normalized spacial score (nSPS) is 11.5. The zero-order chi connectivity index (χ0) is 21.0. The van der Waals surface area contributed by atoms with Crippen LogP contribution >= 0.6 is 22.7 Å². The Morgan fingerprint density at radius 3 is 2.55 bits per heavy atom. The maximum atomic E-state index is 12.5. The van der Waals surface area contributed by atoms with Gasteiger partial charge in [-0.2, -0.15) is 0 Å². The number of carbonyl (C=O) groups is 3. The van der Waals surface area contributed by atoms with E-state index in [1.807, 2.05) is 24.4 Å². The molecule has 0 saturated heterocycles. The molecule has 148 valence electrons. The molecule has 3 rings (SSSR count). The monoisotopic (exact) mass is 426 g/mol. The topological polar surface area (TPSA) is 101 Å². The van der Waals surface area contributed by atoms with Crippen LogP contribution in [-0.4, -0.2) is 27.6 Å². The molecular formula is C20H18N4O3S2. The highest BCUT2D eigenvalue weighted by Gasteiger charge is 2.19. The number of nitrogens with one attached hydrogen (secondary N) is 2. The zero-order valence-electron chi connectivity index (χ0n) is 15.8. The van der Waals surface area contributed by atoms with Gasteiger partial charge in [0.05, 0.1) is 17.0 Å².